The van der Waals surface area contributed by atoms with Crippen LogP contribution in [0.2, 0.25) is 0 Å². The van der Waals surface area contributed by atoms with Gasteiger partial charge in [0.1, 0.15) is 41.1 Å². The highest BCUT2D eigenvalue weighted by molar-refractivity contribution is 7.98. The first kappa shape index (κ1) is 30.9. The highest BCUT2D eigenvalue weighted by atomic mass is 32.2. The number of alkyl halides is 3. The number of nitrogen functional groups attached to an aromatic ring is 1. The van der Waals surface area contributed by atoms with E-state index in [1.165, 1.54) is 23.9 Å². The second-order valence-electron chi connectivity index (χ2n) is 10.3. The normalized spacial score (nSPS) is 16.0. The second kappa shape index (κ2) is 12.2. The summed E-state index contributed by atoms with van der Waals surface area (Å²) < 4.78 is 61.7. The number of thioether (sulfide) groups is 1. The topological polar surface area (TPSA) is 121 Å². The molecule has 5 rings (SSSR count). The summed E-state index contributed by atoms with van der Waals surface area (Å²) in [5.41, 5.74) is 7.47. The fourth-order valence-electron chi connectivity index (χ4n) is 4.55. The minimum Gasteiger partial charge on any atom is -0.491 e. The molecule has 9 nitrogen and oxygen atoms in total. The molecule has 226 valence electrons. The zero-order chi connectivity index (χ0) is 31.6. The van der Waals surface area contributed by atoms with E-state index in [1.807, 2.05) is 13.8 Å². The molecule has 0 bridgehead atoms. The third-order valence-corrected chi connectivity index (χ3v) is 7.72. The summed E-state index contributed by atoms with van der Waals surface area (Å²) in [6, 6.07) is 13.6. The van der Waals surface area contributed by atoms with E-state index in [2.05, 4.69) is 20.9 Å². The molecule has 0 unspecified atom stereocenters. The molecular weight excluding hydrogens is 595 g/mol. The van der Waals surface area contributed by atoms with Crippen molar-refractivity contribution in [1.82, 2.24) is 9.97 Å². The van der Waals surface area contributed by atoms with Crippen LogP contribution in [0.4, 0.5) is 24.7 Å². The molecule has 44 heavy (non-hydrogen) atoms. The number of halogens is 3. The van der Waals surface area contributed by atoms with E-state index >= 15 is 0 Å². The van der Waals surface area contributed by atoms with Crippen molar-refractivity contribution in [2.24, 2.45) is 0 Å². The Bertz CT molecular complexity index is 1760. The maximum atomic E-state index is 12.9. The monoisotopic (exact) mass is 621 g/mol. The van der Waals surface area contributed by atoms with Gasteiger partial charge in [-0.3, -0.25) is 0 Å². The summed E-state index contributed by atoms with van der Waals surface area (Å²) in [5, 5.41) is 10.4. The summed E-state index contributed by atoms with van der Waals surface area (Å²) >= 11 is 1.18. The molecule has 0 spiro atoms. The van der Waals surface area contributed by atoms with Crippen LogP contribution in [-0.2, 0) is 21.4 Å². The Hall–Kier alpha value is -4.56. The highest BCUT2D eigenvalue weighted by Crippen LogP contribution is 2.42. The maximum Gasteiger partial charge on any atom is 0.416 e. The number of nitrogens with zero attached hydrogens (tertiary/aromatic N) is 4. The average Bonchev–Trinajstić information content (AvgIpc) is 3.54. The number of aryl methyl sites for hydroxylation is 1. The Morgan fingerprint density at radius 2 is 1.82 bits per heavy atom. The molecule has 2 aromatic heterocycles. The number of nitriles is 1. The van der Waals surface area contributed by atoms with Gasteiger partial charge < -0.3 is 24.4 Å². The van der Waals surface area contributed by atoms with Crippen molar-refractivity contribution in [2.75, 3.05) is 18.9 Å². The van der Waals surface area contributed by atoms with Gasteiger partial charge >= 0.3 is 6.18 Å². The smallest absolute Gasteiger partial charge is 0.416 e. The van der Waals surface area contributed by atoms with Crippen molar-refractivity contribution < 1.29 is 31.8 Å². The van der Waals surface area contributed by atoms with E-state index in [1.54, 1.807) is 31.2 Å². The van der Waals surface area contributed by atoms with Gasteiger partial charge in [0.05, 0.1) is 30.0 Å². The van der Waals surface area contributed by atoms with E-state index in [4.69, 9.17) is 30.9 Å². The van der Waals surface area contributed by atoms with Crippen LogP contribution in [-0.4, -0.2) is 35.1 Å². The molecule has 13 heteroatoms. The Balaban J connectivity index is 1.36. The predicted octanol–water partition coefficient (Wildman–Crippen LogP) is 7.56. The van der Waals surface area contributed by atoms with Gasteiger partial charge in [-0.25, -0.2) is 14.8 Å². The van der Waals surface area contributed by atoms with Crippen molar-refractivity contribution in [3.05, 3.63) is 82.5 Å². The molecular formula is C31H26F3N5O4S. The first-order valence-electron chi connectivity index (χ1n) is 13.3. The Morgan fingerprint density at radius 1 is 1.14 bits per heavy atom. The first-order valence-corrected chi connectivity index (χ1v) is 14.3. The van der Waals surface area contributed by atoms with Crippen LogP contribution >= 0.6 is 11.8 Å². The van der Waals surface area contributed by atoms with Crippen LogP contribution in [0.1, 0.15) is 36.4 Å². The Kier molecular flexibility index (Phi) is 8.57. The summed E-state index contributed by atoms with van der Waals surface area (Å²) in [6.07, 6.45) is -4.65. The fourth-order valence-corrected chi connectivity index (χ4v) is 5.55. The van der Waals surface area contributed by atoms with Gasteiger partial charge in [0.15, 0.2) is 5.79 Å². The third kappa shape index (κ3) is 6.65. The second-order valence-corrected chi connectivity index (χ2v) is 11.3. The number of hydrogen-bond acceptors (Lipinski definition) is 9. The molecule has 1 aliphatic heterocycles. The predicted molar refractivity (Wildman–Crippen MR) is 157 cm³/mol. The summed E-state index contributed by atoms with van der Waals surface area (Å²) in [7, 11) is 0. The maximum absolute atomic E-state index is 12.9. The lowest BCUT2D eigenvalue weighted by Gasteiger charge is -2.17. The van der Waals surface area contributed by atoms with Crippen LogP contribution < -0.4 is 10.5 Å². The molecule has 1 aliphatic rings. The van der Waals surface area contributed by atoms with E-state index in [0.29, 0.717) is 52.1 Å². The van der Waals surface area contributed by atoms with E-state index in [0.717, 1.165) is 12.1 Å². The van der Waals surface area contributed by atoms with Crippen LogP contribution in [0.25, 0.3) is 27.4 Å². The number of oxazole rings is 1. The van der Waals surface area contributed by atoms with Crippen LogP contribution in [0, 0.1) is 24.8 Å². The summed E-state index contributed by atoms with van der Waals surface area (Å²) in [5.74, 6) is 0.753. The summed E-state index contributed by atoms with van der Waals surface area (Å²) in [4.78, 5) is 12.3. The van der Waals surface area contributed by atoms with Crippen LogP contribution in [0.15, 0.2) is 58.0 Å². The number of nitrogens with two attached hydrogens (primary N) is 1. The zero-order valence-electron chi connectivity index (χ0n) is 23.9. The number of aromatic nitrogens is 2. The molecule has 1 atom stereocenters. The lowest BCUT2D eigenvalue weighted by molar-refractivity contribution is -0.141. The van der Waals surface area contributed by atoms with Crippen molar-refractivity contribution in [3.63, 3.8) is 0 Å². The zero-order valence-corrected chi connectivity index (χ0v) is 24.7. The van der Waals surface area contributed by atoms with Gasteiger partial charge in [-0.15, -0.1) is 0 Å². The molecule has 0 aliphatic carbocycles. The number of anilines is 1. The fraction of sp³-hybridized carbons (Fsp3) is 0.290. The summed E-state index contributed by atoms with van der Waals surface area (Å²) in [6.45, 7) is 13.8. The van der Waals surface area contributed by atoms with Gasteiger partial charge in [0.2, 0.25) is 11.6 Å². The van der Waals surface area contributed by atoms with E-state index in [-0.39, 0.29) is 34.8 Å². The molecule has 3 heterocycles. The molecule has 1 fully saturated rings. The largest absolute Gasteiger partial charge is 0.491 e. The molecule has 2 aromatic carbocycles. The van der Waals surface area contributed by atoms with Crippen LogP contribution in [0.5, 0.6) is 5.75 Å². The molecule has 0 amide bonds. The number of pyridine rings is 1. The van der Waals surface area contributed by atoms with E-state index in [9.17, 15) is 18.4 Å². The Morgan fingerprint density at radius 3 is 2.41 bits per heavy atom. The Labute approximate surface area is 255 Å². The van der Waals surface area contributed by atoms with Gasteiger partial charge in [0, 0.05) is 16.9 Å². The number of benzene rings is 2. The van der Waals surface area contributed by atoms with Crippen molar-refractivity contribution in [2.45, 2.75) is 49.6 Å². The standard InChI is InChI=1S/C31H26F3N5O4S/c1-17-24(38-28(42-17)19-5-9-20(10-6-19)31(32,33)34)16-44-29-23(13-35)25(26(37-4)27(36)39-29)18-7-11-21(12-8-18)40-14-22-15-41-30(2,3)43-22/h5-12,22H,14-16H2,1-3H3,(H2,36,39)/t22-/m1/s1. The van der Waals surface area contributed by atoms with Crippen molar-refractivity contribution in [1.29, 1.82) is 5.26 Å². The minimum atomic E-state index is -4.45. The SMILES string of the molecule is [C-]#[N+]c1c(N)nc(SCc2nc(-c3ccc(C(F)(F)F)cc3)oc2C)c(C#N)c1-c1ccc(OC[C@@H]2COC(C)(C)O2)cc1. The molecule has 1 saturated heterocycles. The van der Waals surface area contributed by atoms with Crippen molar-refractivity contribution >= 4 is 23.3 Å². The lowest BCUT2D eigenvalue weighted by Crippen LogP contribution is -2.25. The van der Waals surface area contributed by atoms with Gasteiger partial charge in [-0.1, -0.05) is 23.9 Å². The lowest BCUT2D eigenvalue weighted by atomic mass is 10.00. The molecule has 0 saturated carbocycles. The number of ether oxygens (including phenoxy) is 3. The van der Waals surface area contributed by atoms with Gasteiger partial charge in [-0.2, -0.15) is 18.4 Å². The molecule has 0 radical (unpaired) electrons. The number of hydrogen-bond donors (Lipinski definition) is 1. The molecule has 4 aromatic rings. The van der Waals surface area contributed by atoms with Gasteiger partial charge in [0.25, 0.3) is 0 Å². The third-order valence-electron chi connectivity index (χ3n) is 6.73. The molecule has 2 N–H and O–H groups in total. The van der Waals surface area contributed by atoms with Crippen molar-refractivity contribution in [3.8, 4) is 34.4 Å². The number of rotatable bonds is 8. The van der Waals surface area contributed by atoms with Gasteiger partial charge in [-0.05, 0) is 62.7 Å². The quantitative estimate of drug-likeness (QED) is 0.157. The highest BCUT2D eigenvalue weighted by Gasteiger charge is 2.33. The average molecular weight is 622 g/mol. The minimum absolute atomic E-state index is 0.0276. The van der Waals surface area contributed by atoms with E-state index < -0.39 is 17.5 Å². The van der Waals surface area contributed by atoms with Crippen LogP contribution in [0.3, 0.4) is 0 Å². The first-order chi connectivity index (χ1) is 20.9.